The molecule has 0 saturated heterocycles. The molecule has 0 aliphatic carbocycles. The zero-order chi connectivity index (χ0) is 20.4. The van der Waals surface area contributed by atoms with Crippen molar-refractivity contribution >= 4 is 22.1 Å². The first-order chi connectivity index (χ1) is 12.4. The molecule has 2 rings (SSSR count). The molecule has 0 radical (unpaired) electrons. The predicted molar refractivity (Wildman–Crippen MR) is 98.8 cm³/mol. The highest BCUT2D eigenvalue weighted by Crippen LogP contribution is 2.27. The van der Waals surface area contributed by atoms with Gasteiger partial charge in [0.1, 0.15) is 11.6 Å². The Morgan fingerprint density at radius 1 is 1.30 bits per heavy atom. The number of nitrogens with zero attached hydrogens (tertiary/aromatic N) is 1. The Labute approximate surface area is 159 Å². The normalized spacial score (nSPS) is 17.3. The molecular formula is C18H26N2O6S. The number of carbonyl (C=O) groups is 2. The molecule has 1 aromatic carbocycles. The maximum absolute atomic E-state index is 12.5. The number of hydrogen-bond acceptors (Lipinski definition) is 5. The lowest BCUT2D eigenvalue weighted by Gasteiger charge is -2.35. The first-order valence-electron chi connectivity index (χ1n) is 8.78. The van der Waals surface area contributed by atoms with Gasteiger partial charge in [-0.3, -0.25) is 4.90 Å². The quantitative estimate of drug-likeness (QED) is 0.785. The van der Waals surface area contributed by atoms with E-state index < -0.39 is 33.7 Å². The third-order valence-electron chi connectivity index (χ3n) is 4.07. The number of nitrogens with one attached hydrogen (secondary N) is 1. The van der Waals surface area contributed by atoms with Crippen LogP contribution in [0.1, 0.15) is 45.2 Å². The van der Waals surface area contributed by atoms with Gasteiger partial charge in [-0.1, -0.05) is 13.0 Å². The van der Waals surface area contributed by atoms with E-state index in [2.05, 4.69) is 4.72 Å². The number of hydrogen-bond donors (Lipinski definition) is 2. The van der Waals surface area contributed by atoms with E-state index in [4.69, 9.17) is 4.74 Å². The van der Waals surface area contributed by atoms with Gasteiger partial charge in [-0.05, 0) is 50.5 Å². The molecule has 0 fully saturated rings. The summed E-state index contributed by atoms with van der Waals surface area (Å²) in [6.45, 7) is 7.25. The molecular weight excluding hydrogens is 372 g/mol. The molecule has 1 atom stereocenters. The minimum atomic E-state index is -3.65. The van der Waals surface area contributed by atoms with E-state index in [1.54, 1.807) is 26.8 Å². The van der Waals surface area contributed by atoms with Crippen molar-refractivity contribution in [2.24, 2.45) is 0 Å². The molecule has 150 valence electrons. The van der Waals surface area contributed by atoms with E-state index in [0.29, 0.717) is 24.1 Å². The summed E-state index contributed by atoms with van der Waals surface area (Å²) in [5.74, 6) is -1.13. The number of sulfonamides is 1. The molecule has 1 aliphatic rings. The van der Waals surface area contributed by atoms with Gasteiger partial charge in [0.15, 0.2) is 0 Å². The lowest BCUT2D eigenvalue weighted by molar-refractivity contribution is -0.143. The Morgan fingerprint density at radius 2 is 1.96 bits per heavy atom. The summed E-state index contributed by atoms with van der Waals surface area (Å²) in [6.07, 6.45) is 0.0154. The highest BCUT2D eigenvalue weighted by molar-refractivity contribution is 7.89. The molecule has 1 amide bonds. The number of carbonyl (C=O) groups excluding carboxylic acids is 1. The number of benzene rings is 1. The van der Waals surface area contributed by atoms with Crippen LogP contribution in [0.15, 0.2) is 23.1 Å². The third-order valence-corrected chi connectivity index (χ3v) is 5.53. The standard InChI is InChI=1S/C18H26N2O6S/c1-5-8-19-27(24,25)14-7-6-12-10-15(16(21)22)20(11-13(12)9-14)17(23)26-18(2,3)4/h6-7,9,15,19H,5,8,10-11H2,1-4H3,(H,21,22). The van der Waals surface area contributed by atoms with E-state index in [9.17, 15) is 23.1 Å². The van der Waals surface area contributed by atoms with Crippen molar-refractivity contribution in [3.8, 4) is 0 Å². The Kier molecular flexibility index (Phi) is 6.16. The molecule has 0 bridgehead atoms. The topological polar surface area (TPSA) is 113 Å². The molecule has 1 aliphatic heterocycles. The SMILES string of the molecule is CCCNS(=O)(=O)c1ccc2c(c1)CN(C(=O)OC(C)(C)C)C(C(=O)O)C2. The Bertz CT molecular complexity index is 829. The van der Waals surface area contributed by atoms with E-state index in [0.717, 1.165) is 4.90 Å². The summed E-state index contributed by atoms with van der Waals surface area (Å²) in [5.41, 5.74) is 0.532. The van der Waals surface area contributed by atoms with Gasteiger partial charge in [-0.2, -0.15) is 0 Å². The van der Waals surface area contributed by atoms with Gasteiger partial charge in [-0.15, -0.1) is 0 Å². The number of ether oxygens (including phenoxy) is 1. The van der Waals surface area contributed by atoms with Crippen LogP contribution in [-0.2, 0) is 32.5 Å². The predicted octanol–water partition coefficient (Wildman–Crippen LogP) is 2.12. The summed E-state index contributed by atoms with van der Waals surface area (Å²) in [5, 5.41) is 9.51. The fourth-order valence-corrected chi connectivity index (χ4v) is 3.96. The third kappa shape index (κ3) is 5.20. The zero-order valence-electron chi connectivity index (χ0n) is 16.0. The minimum Gasteiger partial charge on any atom is -0.480 e. The van der Waals surface area contributed by atoms with Gasteiger partial charge in [0.25, 0.3) is 0 Å². The van der Waals surface area contributed by atoms with E-state index in [1.807, 2.05) is 6.92 Å². The van der Waals surface area contributed by atoms with Crippen LogP contribution in [0.25, 0.3) is 0 Å². The average molecular weight is 398 g/mol. The number of fused-ring (bicyclic) bond motifs is 1. The molecule has 8 nitrogen and oxygen atoms in total. The van der Waals surface area contributed by atoms with Gasteiger partial charge in [0.05, 0.1) is 11.4 Å². The molecule has 9 heteroatoms. The number of carboxylic acids is 1. The van der Waals surface area contributed by atoms with Crippen LogP contribution in [0.4, 0.5) is 4.79 Å². The summed E-state index contributed by atoms with van der Waals surface area (Å²) in [7, 11) is -3.65. The van der Waals surface area contributed by atoms with Crippen LogP contribution in [0.2, 0.25) is 0 Å². The maximum Gasteiger partial charge on any atom is 0.411 e. The van der Waals surface area contributed by atoms with Crippen molar-refractivity contribution in [2.75, 3.05) is 6.54 Å². The van der Waals surface area contributed by atoms with E-state index in [-0.39, 0.29) is 17.9 Å². The van der Waals surface area contributed by atoms with E-state index >= 15 is 0 Å². The van der Waals surface area contributed by atoms with Crippen LogP contribution in [-0.4, -0.2) is 48.7 Å². The smallest absolute Gasteiger partial charge is 0.411 e. The van der Waals surface area contributed by atoms with Crippen LogP contribution >= 0.6 is 0 Å². The largest absolute Gasteiger partial charge is 0.480 e. The summed E-state index contributed by atoms with van der Waals surface area (Å²) in [6, 6.07) is 3.49. The summed E-state index contributed by atoms with van der Waals surface area (Å²) < 4.78 is 32.5. The van der Waals surface area contributed by atoms with Gasteiger partial charge in [0, 0.05) is 13.0 Å². The van der Waals surface area contributed by atoms with Gasteiger partial charge in [-0.25, -0.2) is 22.7 Å². The Balaban J connectivity index is 2.35. The van der Waals surface area contributed by atoms with Gasteiger partial charge in [0.2, 0.25) is 10.0 Å². The average Bonchev–Trinajstić information content (AvgIpc) is 2.56. The van der Waals surface area contributed by atoms with Crippen molar-refractivity contribution in [1.29, 1.82) is 0 Å². The van der Waals surface area contributed by atoms with Gasteiger partial charge >= 0.3 is 12.1 Å². The Morgan fingerprint density at radius 3 is 2.52 bits per heavy atom. The second-order valence-electron chi connectivity index (χ2n) is 7.49. The van der Waals surface area contributed by atoms with Crippen LogP contribution in [0.3, 0.4) is 0 Å². The lowest BCUT2D eigenvalue weighted by atomic mass is 9.94. The molecule has 27 heavy (non-hydrogen) atoms. The van der Waals surface area contributed by atoms with Crippen LogP contribution in [0.5, 0.6) is 0 Å². The van der Waals surface area contributed by atoms with Gasteiger partial charge < -0.3 is 9.84 Å². The lowest BCUT2D eigenvalue weighted by Crippen LogP contribution is -2.50. The fourth-order valence-electron chi connectivity index (χ4n) is 2.78. The molecule has 0 saturated carbocycles. The summed E-state index contributed by atoms with van der Waals surface area (Å²) in [4.78, 5) is 25.3. The first-order valence-corrected chi connectivity index (χ1v) is 10.3. The monoisotopic (exact) mass is 398 g/mol. The number of amides is 1. The van der Waals surface area contributed by atoms with Crippen molar-refractivity contribution < 1.29 is 27.9 Å². The molecule has 1 aromatic rings. The second kappa shape index (κ2) is 7.85. The molecule has 1 heterocycles. The number of carboxylic acid groups (broad SMARTS) is 1. The summed E-state index contributed by atoms with van der Waals surface area (Å²) >= 11 is 0. The maximum atomic E-state index is 12.5. The molecule has 1 unspecified atom stereocenters. The van der Waals surface area contributed by atoms with Crippen molar-refractivity contribution in [2.45, 2.75) is 63.6 Å². The van der Waals surface area contributed by atoms with E-state index in [1.165, 1.54) is 12.1 Å². The first kappa shape index (κ1) is 21.2. The van der Waals surface area contributed by atoms with Crippen molar-refractivity contribution in [1.82, 2.24) is 9.62 Å². The van der Waals surface area contributed by atoms with Crippen LogP contribution < -0.4 is 4.72 Å². The highest BCUT2D eigenvalue weighted by Gasteiger charge is 2.37. The Hall–Kier alpha value is -2.13. The number of rotatable bonds is 5. The van der Waals surface area contributed by atoms with Crippen LogP contribution in [0, 0.1) is 0 Å². The molecule has 0 aromatic heterocycles. The van der Waals surface area contributed by atoms with Crippen molar-refractivity contribution in [3.05, 3.63) is 29.3 Å². The molecule has 0 spiro atoms. The van der Waals surface area contributed by atoms with Crippen molar-refractivity contribution in [3.63, 3.8) is 0 Å². The molecule has 2 N–H and O–H groups in total. The second-order valence-corrected chi connectivity index (χ2v) is 9.26. The highest BCUT2D eigenvalue weighted by atomic mass is 32.2. The zero-order valence-corrected chi connectivity index (χ0v) is 16.8. The fraction of sp³-hybridized carbons (Fsp3) is 0.556. The number of aliphatic carboxylic acids is 1. The minimum absolute atomic E-state index is 0.0294.